The molecule has 3 aromatic rings. The smallest absolute Gasteiger partial charge is 0.163 e. The van der Waals surface area contributed by atoms with Gasteiger partial charge in [-0.25, -0.2) is 0 Å². The molecule has 0 atom stereocenters. The Hall–Kier alpha value is -2.28. The van der Waals surface area contributed by atoms with Gasteiger partial charge in [0.1, 0.15) is 5.75 Å². The van der Waals surface area contributed by atoms with Crippen molar-refractivity contribution >= 4 is 62.8 Å². The van der Waals surface area contributed by atoms with Gasteiger partial charge in [0, 0.05) is 23.4 Å². The van der Waals surface area contributed by atoms with Crippen molar-refractivity contribution in [1.82, 2.24) is 4.98 Å². The lowest BCUT2D eigenvalue weighted by molar-refractivity contribution is 0.295. The van der Waals surface area contributed by atoms with E-state index in [9.17, 15) is 0 Å². The van der Waals surface area contributed by atoms with Crippen LogP contribution in [-0.4, -0.2) is 31.7 Å². The Morgan fingerprint density at radius 2 is 1.76 bits per heavy atom. The van der Waals surface area contributed by atoms with Crippen LogP contribution in [0.1, 0.15) is 6.42 Å². The van der Waals surface area contributed by atoms with E-state index >= 15 is 0 Å². The van der Waals surface area contributed by atoms with E-state index in [4.69, 9.17) is 54.7 Å². The number of anilines is 3. The van der Waals surface area contributed by atoms with Crippen molar-refractivity contribution in [3.63, 3.8) is 0 Å². The second kappa shape index (κ2) is 9.48. The molecule has 0 radical (unpaired) electrons. The summed E-state index contributed by atoms with van der Waals surface area (Å²) in [5.74, 6) is 2.15. The fourth-order valence-corrected chi connectivity index (χ4v) is 3.40. The van der Waals surface area contributed by atoms with Gasteiger partial charge in [-0.15, -0.1) is 11.6 Å². The number of aromatic nitrogens is 1. The molecule has 0 unspecified atom stereocenters. The summed E-state index contributed by atoms with van der Waals surface area (Å²) in [7, 11) is 3.11. The van der Waals surface area contributed by atoms with E-state index in [1.807, 2.05) is 6.07 Å². The molecule has 29 heavy (non-hydrogen) atoms. The zero-order chi connectivity index (χ0) is 21.0. The summed E-state index contributed by atoms with van der Waals surface area (Å²) in [4.78, 5) is 4.41. The van der Waals surface area contributed by atoms with Crippen LogP contribution in [-0.2, 0) is 0 Å². The molecule has 0 aliphatic heterocycles. The Balaban J connectivity index is 2.07. The van der Waals surface area contributed by atoms with Gasteiger partial charge in [0.25, 0.3) is 0 Å². The highest BCUT2D eigenvalue weighted by molar-refractivity contribution is 6.37. The van der Waals surface area contributed by atoms with Crippen molar-refractivity contribution in [2.45, 2.75) is 6.42 Å². The normalized spacial score (nSPS) is 10.8. The predicted molar refractivity (Wildman–Crippen MR) is 120 cm³/mol. The van der Waals surface area contributed by atoms with Gasteiger partial charge in [0.15, 0.2) is 11.5 Å². The number of nitrogens with zero attached hydrogens (tertiary/aromatic N) is 1. The number of nitrogens with one attached hydrogen (secondary N) is 1. The Labute approximate surface area is 183 Å². The molecule has 0 aliphatic carbocycles. The lowest BCUT2D eigenvalue weighted by Gasteiger charge is -2.17. The monoisotopic (exact) mass is 455 g/mol. The molecule has 0 bridgehead atoms. The van der Waals surface area contributed by atoms with Crippen LogP contribution in [0.4, 0.5) is 17.1 Å². The number of halogens is 3. The molecule has 2 aromatic carbocycles. The third-order valence-corrected chi connectivity index (χ3v) is 5.09. The summed E-state index contributed by atoms with van der Waals surface area (Å²) in [6.07, 6.45) is 2.29. The number of rotatable bonds is 8. The molecule has 0 saturated heterocycles. The zero-order valence-electron chi connectivity index (χ0n) is 15.9. The number of methoxy groups -OCH3 is 2. The van der Waals surface area contributed by atoms with Gasteiger partial charge in [0.2, 0.25) is 0 Å². The van der Waals surface area contributed by atoms with Crippen molar-refractivity contribution in [1.29, 1.82) is 0 Å². The Morgan fingerprint density at radius 1 is 1.00 bits per heavy atom. The first-order valence-electron chi connectivity index (χ1n) is 8.73. The minimum atomic E-state index is 0.413. The molecule has 1 aromatic heterocycles. The molecule has 0 fully saturated rings. The number of nitrogens with two attached hydrogens (primary N) is 1. The van der Waals surface area contributed by atoms with Crippen molar-refractivity contribution in [3.05, 3.63) is 40.5 Å². The quantitative estimate of drug-likeness (QED) is 0.325. The van der Waals surface area contributed by atoms with Gasteiger partial charge in [0.05, 0.1) is 59.6 Å². The highest BCUT2D eigenvalue weighted by atomic mass is 35.5. The lowest BCUT2D eigenvalue weighted by Crippen LogP contribution is -2.03. The van der Waals surface area contributed by atoms with Crippen molar-refractivity contribution in [3.8, 4) is 17.2 Å². The number of pyridine rings is 1. The van der Waals surface area contributed by atoms with Crippen molar-refractivity contribution < 1.29 is 14.2 Å². The molecule has 3 N–H and O–H groups in total. The summed E-state index contributed by atoms with van der Waals surface area (Å²) in [5.41, 5.74) is 8.55. The van der Waals surface area contributed by atoms with Crippen molar-refractivity contribution in [2.24, 2.45) is 0 Å². The molecule has 9 heteroatoms. The maximum absolute atomic E-state index is 6.35. The van der Waals surface area contributed by atoms with Gasteiger partial charge in [-0.3, -0.25) is 4.98 Å². The summed E-state index contributed by atoms with van der Waals surface area (Å²) in [6.45, 7) is 0.478. The Bertz CT molecular complexity index is 1030. The first-order valence-corrected chi connectivity index (χ1v) is 10.0. The van der Waals surface area contributed by atoms with Gasteiger partial charge in [-0.2, -0.15) is 0 Å². The first-order chi connectivity index (χ1) is 14.0. The third-order valence-electron chi connectivity index (χ3n) is 4.22. The van der Waals surface area contributed by atoms with E-state index in [1.54, 1.807) is 31.5 Å². The van der Waals surface area contributed by atoms with Crippen molar-refractivity contribution in [2.75, 3.05) is 37.8 Å². The molecular formula is C20H20Cl3N3O3. The van der Waals surface area contributed by atoms with Crippen LogP contribution in [0.15, 0.2) is 30.5 Å². The molecule has 0 aliphatic rings. The minimum Gasteiger partial charge on any atom is -0.495 e. The number of hydrogen-bond acceptors (Lipinski definition) is 6. The van der Waals surface area contributed by atoms with Gasteiger partial charge in [-0.1, -0.05) is 23.2 Å². The largest absolute Gasteiger partial charge is 0.495 e. The second-order valence-electron chi connectivity index (χ2n) is 6.09. The zero-order valence-corrected chi connectivity index (χ0v) is 18.2. The molecule has 0 spiro atoms. The molecule has 0 saturated carbocycles. The van der Waals surface area contributed by atoms with Crippen LogP contribution in [0.2, 0.25) is 10.0 Å². The van der Waals surface area contributed by atoms with Crippen LogP contribution in [0.25, 0.3) is 10.9 Å². The van der Waals surface area contributed by atoms with Gasteiger partial charge < -0.3 is 25.3 Å². The van der Waals surface area contributed by atoms with E-state index in [0.29, 0.717) is 62.4 Å². The maximum atomic E-state index is 6.35. The fraction of sp³-hybridized carbons (Fsp3) is 0.250. The average Bonchev–Trinajstić information content (AvgIpc) is 2.71. The molecule has 6 nitrogen and oxygen atoms in total. The van der Waals surface area contributed by atoms with Crippen LogP contribution in [0, 0.1) is 0 Å². The number of benzene rings is 2. The standard InChI is InChI=1S/C20H20Cl3N3O3/c1-27-17-9-16(12(22)7-13(17)23)26-20-11-6-18(28-2)19(29-5-3-4-21)8-15(11)25-10-14(20)24/h6-10H,3-5,24H2,1-2H3,(H,25,26). The molecular weight excluding hydrogens is 437 g/mol. The molecule has 1 heterocycles. The van der Waals surface area contributed by atoms with E-state index in [2.05, 4.69) is 10.3 Å². The predicted octanol–water partition coefficient (Wildman–Crippen LogP) is 5.89. The summed E-state index contributed by atoms with van der Waals surface area (Å²) >= 11 is 18.2. The van der Waals surface area contributed by atoms with Crippen LogP contribution in [0.3, 0.4) is 0 Å². The van der Waals surface area contributed by atoms with Crippen LogP contribution in [0.5, 0.6) is 17.2 Å². The number of alkyl halides is 1. The first kappa shape index (κ1) is 21.4. The van der Waals surface area contributed by atoms with Gasteiger partial charge >= 0.3 is 0 Å². The summed E-state index contributed by atoms with van der Waals surface area (Å²) in [5, 5.41) is 4.84. The highest BCUT2D eigenvalue weighted by Crippen LogP contribution is 2.41. The third kappa shape index (κ3) is 4.66. The SMILES string of the molecule is COc1cc(Nc2c(N)cnc3cc(OCCCCl)c(OC)cc23)c(Cl)cc1Cl. The minimum absolute atomic E-state index is 0.413. The number of fused-ring (bicyclic) bond motifs is 1. The van der Waals surface area contributed by atoms with Crippen LogP contribution >= 0.6 is 34.8 Å². The molecule has 0 amide bonds. The number of ether oxygens (including phenoxy) is 3. The van der Waals surface area contributed by atoms with E-state index < -0.39 is 0 Å². The maximum Gasteiger partial charge on any atom is 0.163 e. The van der Waals surface area contributed by atoms with Gasteiger partial charge in [-0.05, 0) is 18.6 Å². The number of nitrogen functional groups attached to an aromatic ring is 1. The summed E-state index contributed by atoms with van der Waals surface area (Å²) < 4.78 is 16.5. The van der Waals surface area contributed by atoms with Crippen LogP contribution < -0.4 is 25.3 Å². The topological polar surface area (TPSA) is 78.6 Å². The van der Waals surface area contributed by atoms with E-state index in [-0.39, 0.29) is 0 Å². The average molecular weight is 457 g/mol. The Kier molecular flexibility index (Phi) is 7.00. The van der Waals surface area contributed by atoms with E-state index in [1.165, 1.54) is 7.11 Å². The summed E-state index contributed by atoms with van der Waals surface area (Å²) in [6, 6.07) is 6.93. The second-order valence-corrected chi connectivity index (χ2v) is 7.28. The number of hydrogen-bond donors (Lipinski definition) is 2. The molecule has 3 rings (SSSR count). The lowest BCUT2D eigenvalue weighted by atomic mass is 10.1. The molecule has 154 valence electrons. The fourth-order valence-electron chi connectivity index (χ4n) is 2.78. The van der Waals surface area contributed by atoms with E-state index in [0.717, 1.165) is 11.8 Å². The highest BCUT2D eigenvalue weighted by Gasteiger charge is 2.15. The Morgan fingerprint density at radius 3 is 2.45 bits per heavy atom.